The highest BCUT2D eigenvalue weighted by atomic mass is 35.5. The fourth-order valence-corrected chi connectivity index (χ4v) is 1.64. The minimum Gasteiger partial charge on any atom is -0.492 e. The zero-order valence-corrected chi connectivity index (χ0v) is 12.2. The predicted octanol–water partition coefficient (Wildman–Crippen LogP) is 2.18. The number of benzene rings is 1. The van der Waals surface area contributed by atoms with Gasteiger partial charge in [0.15, 0.2) is 0 Å². The van der Waals surface area contributed by atoms with Gasteiger partial charge in [-0.1, -0.05) is 18.5 Å². The van der Waals surface area contributed by atoms with Crippen LogP contribution in [0.3, 0.4) is 0 Å². The van der Waals surface area contributed by atoms with Crippen molar-refractivity contribution >= 4 is 17.5 Å². The van der Waals surface area contributed by atoms with Gasteiger partial charge in [-0.2, -0.15) is 0 Å². The number of carbonyl (C=O) groups excluding carboxylic acids is 1. The van der Waals surface area contributed by atoms with Crippen LogP contribution in [0.1, 0.15) is 13.3 Å². The maximum absolute atomic E-state index is 11.7. The van der Waals surface area contributed by atoms with Gasteiger partial charge < -0.3 is 15.0 Å². The highest BCUT2D eigenvalue weighted by Crippen LogP contribution is 2.15. The van der Waals surface area contributed by atoms with Crippen molar-refractivity contribution in [3.63, 3.8) is 0 Å². The molecule has 106 valence electrons. The predicted molar refractivity (Wildman–Crippen MR) is 77.7 cm³/mol. The number of hydrogen-bond acceptors (Lipinski definition) is 3. The van der Waals surface area contributed by atoms with E-state index in [0.717, 1.165) is 18.8 Å². The van der Waals surface area contributed by atoms with E-state index in [0.29, 0.717) is 24.6 Å². The van der Waals surface area contributed by atoms with Crippen LogP contribution < -0.4 is 10.1 Å². The Morgan fingerprint density at radius 3 is 2.68 bits per heavy atom. The highest BCUT2D eigenvalue weighted by Gasteiger charge is 2.07. The molecule has 0 radical (unpaired) electrons. The van der Waals surface area contributed by atoms with Gasteiger partial charge in [0.2, 0.25) is 5.91 Å². The molecular formula is C14H21ClN2O2. The van der Waals surface area contributed by atoms with Crippen LogP contribution in [0, 0.1) is 0 Å². The summed E-state index contributed by atoms with van der Waals surface area (Å²) < 4.78 is 5.54. The van der Waals surface area contributed by atoms with Crippen LogP contribution in [0.5, 0.6) is 5.75 Å². The molecule has 0 saturated heterocycles. The number of ether oxygens (including phenoxy) is 1. The third-order valence-electron chi connectivity index (χ3n) is 2.70. The molecular weight excluding hydrogens is 264 g/mol. The van der Waals surface area contributed by atoms with E-state index in [9.17, 15) is 4.79 Å². The molecule has 1 amide bonds. The Labute approximate surface area is 119 Å². The average molecular weight is 285 g/mol. The van der Waals surface area contributed by atoms with Gasteiger partial charge in [0.1, 0.15) is 12.4 Å². The van der Waals surface area contributed by atoms with E-state index in [-0.39, 0.29) is 5.91 Å². The molecule has 5 heteroatoms. The number of amides is 1. The van der Waals surface area contributed by atoms with E-state index in [2.05, 4.69) is 5.32 Å². The molecule has 0 aliphatic rings. The molecule has 0 spiro atoms. The third-order valence-corrected chi connectivity index (χ3v) is 2.95. The fourth-order valence-electron chi connectivity index (χ4n) is 1.52. The second kappa shape index (κ2) is 8.77. The van der Waals surface area contributed by atoms with E-state index in [4.69, 9.17) is 16.3 Å². The number of hydrogen-bond donors (Lipinski definition) is 1. The summed E-state index contributed by atoms with van der Waals surface area (Å²) in [6, 6.07) is 7.19. The van der Waals surface area contributed by atoms with Gasteiger partial charge in [-0.15, -0.1) is 0 Å². The number of nitrogens with zero attached hydrogens (tertiary/aromatic N) is 1. The molecule has 0 fully saturated rings. The van der Waals surface area contributed by atoms with Gasteiger partial charge in [0.25, 0.3) is 0 Å². The minimum atomic E-state index is 0.126. The van der Waals surface area contributed by atoms with E-state index < -0.39 is 0 Å². The molecule has 0 aliphatic carbocycles. The summed E-state index contributed by atoms with van der Waals surface area (Å²) in [4.78, 5) is 13.4. The van der Waals surface area contributed by atoms with Crippen molar-refractivity contribution in [3.05, 3.63) is 29.3 Å². The second-order valence-electron chi connectivity index (χ2n) is 4.22. The molecule has 1 rings (SSSR count). The summed E-state index contributed by atoms with van der Waals surface area (Å²) in [5, 5.41) is 3.81. The van der Waals surface area contributed by atoms with Gasteiger partial charge in [-0.25, -0.2) is 0 Å². The van der Waals surface area contributed by atoms with Crippen molar-refractivity contribution in [2.45, 2.75) is 13.3 Å². The smallest absolute Gasteiger partial charge is 0.223 e. The molecule has 0 saturated carbocycles. The normalized spacial score (nSPS) is 10.3. The van der Waals surface area contributed by atoms with Crippen molar-refractivity contribution < 1.29 is 9.53 Å². The summed E-state index contributed by atoms with van der Waals surface area (Å²) in [7, 11) is 1.79. The second-order valence-corrected chi connectivity index (χ2v) is 4.66. The summed E-state index contributed by atoms with van der Waals surface area (Å²) in [5.74, 6) is 0.888. The number of nitrogens with one attached hydrogen (secondary N) is 1. The first kappa shape index (κ1) is 15.8. The van der Waals surface area contributed by atoms with Crippen LogP contribution in [0.25, 0.3) is 0 Å². The quantitative estimate of drug-likeness (QED) is 0.744. The van der Waals surface area contributed by atoms with Crippen molar-refractivity contribution in [1.29, 1.82) is 0 Å². The van der Waals surface area contributed by atoms with Crippen LogP contribution in [-0.4, -0.2) is 44.1 Å². The topological polar surface area (TPSA) is 41.6 Å². The summed E-state index contributed by atoms with van der Waals surface area (Å²) in [5.41, 5.74) is 0. The fraction of sp³-hybridized carbons (Fsp3) is 0.500. The monoisotopic (exact) mass is 284 g/mol. The van der Waals surface area contributed by atoms with E-state index in [1.54, 1.807) is 24.1 Å². The Balaban J connectivity index is 2.20. The first-order valence-electron chi connectivity index (χ1n) is 6.46. The molecule has 0 atom stereocenters. The molecule has 0 bridgehead atoms. The van der Waals surface area contributed by atoms with Gasteiger partial charge in [-0.05, 0) is 30.8 Å². The van der Waals surface area contributed by atoms with Crippen molar-refractivity contribution in [3.8, 4) is 5.75 Å². The van der Waals surface area contributed by atoms with Gasteiger partial charge in [-0.3, -0.25) is 4.79 Å². The lowest BCUT2D eigenvalue weighted by Gasteiger charge is -2.17. The number of rotatable bonds is 8. The van der Waals surface area contributed by atoms with Gasteiger partial charge in [0.05, 0.1) is 6.54 Å². The third kappa shape index (κ3) is 6.45. The molecule has 1 aromatic carbocycles. The maximum Gasteiger partial charge on any atom is 0.223 e. The zero-order valence-electron chi connectivity index (χ0n) is 11.5. The van der Waals surface area contributed by atoms with Crippen molar-refractivity contribution in [1.82, 2.24) is 10.2 Å². The molecule has 0 aromatic heterocycles. The molecule has 0 aliphatic heterocycles. The molecule has 1 N–H and O–H groups in total. The standard InChI is InChI=1S/C14H21ClN2O2/c1-3-16-9-8-14(18)17(2)10-11-19-13-6-4-12(15)5-7-13/h4-7,16H,3,8-11H2,1-2H3. The maximum atomic E-state index is 11.7. The van der Waals surface area contributed by atoms with Gasteiger partial charge in [0, 0.05) is 25.0 Å². The van der Waals surface area contributed by atoms with Crippen LogP contribution >= 0.6 is 11.6 Å². The van der Waals surface area contributed by atoms with Crippen LogP contribution in [0.2, 0.25) is 5.02 Å². The molecule has 4 nitrogen and oxygen atoms in total. The summed E-state index contributed by atoms with van der Waals surface area (Å²) >= 11 is 5.78. The summed E-state index contributed by atoms with van der Waals surface area (Å²) in [6.07, 6.45) is 0.519. The van der Waals surface area contributed by atoms with Crippen LogP contribution in [0.15, 0.2) is 24.3 Å². The average Bonchev–Trinajstić information content (AvgIpc) is 2.41. The van der Waals surface area contributed by atoms with Crippen LogP contribution in [-0.2, 0) is 4.79 Å². The van der Waals surface area contributed by atoms with E-state index >= 15 is 0 Å². The Kier molecular flexibility index (Phi) is 7.30. The largest absolute Gasteiger partial charge is 0.492 e. The molecule has 1 aromatic rings. The number of halogens is 1. The lowest BCUT2D eigenvalue weighted by molar-refractivity contribution is -0.130. The summed E-state index contributed by atoms with van der Waals surface area (Å²) in [6.45, 7) is 4.68. The SMILES string of the molecule is CCNCCC(=O)N(C)CCOc1ccc(Cl)cc1. The van der Waals surface area contributed by atoms with E-state index in [1.165, 1.54) is 0 Å². The Hall–Kier alpha value is -1.26. The van der Waals surface area contributed by atoms with Crippen LogP contribution in [0.4, 0.5) is 0 Å². The Morgan fingerprint density at radius 1 is 1.37 bits per heavy atom. The Morgan fingerprint density at radius 2 is 2.05 bits per heavy atom. The molecule has 0 heterocycles. The highest BCUT2D eigenvalue weighted by molar-refractivity contribution is 6.30. The first-order chi connectivity index (χ1) is 9.13. The Bertz CT molecular complexity index is 382. The molecule has 19 heavy (non-hydrogen) atoms. The number of carbonyl (C=O) groups is 1. The van der Waals surface area contributed by atoms with Crippen molar-refractivity contribution in [2.75, 3.05) is 33.3 Å². The zero-order chi connectivity index (χ0) is 14.1. The number of likely N-dealkylation sites (N-methyl/N-ethyl adjacent to an activating group) is 1. The van der Waals surface area contributed by atoms with Crippen molar-refractivity contribution in [2.24, 2.45) is 0 Å². The lowest BCUT2D eigenvalue weighted by atomic mass is 10.3. The first-order valence-corrected chi connectivity index (χ1v) is 6.84. The minimum absolute atomic E-state index is 0.126. The molecule has 0 unspecified atom stereocenters. The van der Waals surface area contributed by atoms with E-state index in [1.807, 2.05) is 19.1 Å². The van der Waals surface area contributed by atoms with Gasteiger partial charge >= 0.3 is 0 Å². The lowest BCUT2D eigenvalue weighted by Crippen LogP contribution is -2.33.